The van der Waals surface area contributed by atoms with Crippen LogP contribution in [-0.4, -0.2) is 39.8 Å². The van der Waals surface area contributed by atoms with Crippen molar-refractivity contribution in [3.63, 3.8) is 0 Å². The summed E-state index contributed by atoms with van der Waals surface area (Å²) in [6.45, 7) is 3.66. The molecule has 2 heterocycles. The van der Waals surface area contributed by atoms with Crippen molar-refractivity contribution < 1.29 is 43.7 Å². The predicted octanol–water partition coefficient (Wildman–Crippen LogP) is 4.89. The number of nitrogens with one attached hydrogen (secondary N) is 1. The summed E-state index contributed by atoms with van der Waals surface area (Å²) < 4.78 is 9.52. The van der Waals surface area contributed by atoms with Crippen molar-refractivity contribution in [2.75, 3.05) is 5.32 Å². The monoisotopic (exact) mass is 561 g/mol. The fourth-order valence-electron chi connectivity index (χ4n) is 4.75. The smallest absolute Gasteiger partial charge is 0.346 e. The highest BCUT2D eigenvalue weighted by molar-refractivity contribution is 6.16. The quantitative estimate of drug-likeness (QED) is 0.129. The maximum absolute atomic E-state index is 12.8. The van der Waals surface area contributed by atoms with Gasteiger partial charge in [0.2, 0.25) is 0 Å². The number of carbonyl (C=O) groups is 5. The third-order valence-corrected chi connectivity index (χ3v) is 7.00. The van der Waals surface area contributed by atoms with Gasteiger partial charge in [-0.25, -0.2) is 14.4 Å². The number of benzene rings is 4. The number of rotatable bonds is 6. The van der Waals surface area contributed by atoms with E-state index in [1.165, 1.54) is 54.6 Å². The predicted molar refractivity (Wildman–Crippen MR) is 148 cm³/mol. The van der Waals surface area contributed by atoms with Gasteiger partial charge in [-0.05, 0) is 59.7 Å². The van der Waals surface area contributed by atoms with E-state index in [0.717, 1.165) is 0 Å². The SMILES string of the molecule is C=C1OC(=O)c2ccc(C(=O)Nc3ccc(-c4ccc(CC(=O)c5ccc6c(c5)C(=O)OC6=O)c(O)c4)cc3O)cc21. The van der Waals surface area contributed by atoms with E-state index in [0.29, 0.717) is 27.8 Å². The first-order valence-corrected chi connectivity index (χ1v) is 12.5. The number of hydrogen-bond acceptors (Lipinski definition) is 9. The number of Topliss-reactive ketones (excluding diaryl/α,β-unsaturated/α-hetero) is 1. The number of carbonyl (C=O) groups excluding carboxylic acids is 5. The Morgan fingerprint density at radius 1 is 0.667 bits per heavy atom. The molecule has 2 aliphatic heterocycles. The summed E-state index contributed by atoms with van der Waals surface area (Å²) in [6, 6.07) is 17.7. The van der Waals surface area contributed by atoms with Crippen LogP contribution in [0, 0.1) is 0 Å². The van der Waals surface area contributed by atoms with Gasteiger partial charge in [0.25, 0.3) is 5.91 Å². The third kappa shape index (κ3) is 4.56. The van der Waals surface area contributed by atoms with E-state index in [4.69, 9.17) is 4.74 Å². The third-order valence-electron chi connectivity index (χ3n) is 7.00. The first-order valence-electron chi connectivity index (χ1n) is 12.5. The average Bonchev–Trinajstić information content (AvgIpc) is 3.43. The Kier molecular flexibility index (Phi) is 6.15. The van der Waals surface area contributed by atoms with Crippen molar-refractivity contribution in [2.45, 2.75) is 6.42 Å². The molecule has 0 radical (unpaired) electrons. The van der Waals surface area contributed by atoms with E-state index in [1.807, 2.05) is 0 Å². The van der Waals surface area contributed by atoms with Crippen LogP contribution in [0.5, 0.6) is 11.5 Å². The van der Waals surface area contributed by atoms with Crippen LogP contribution in [0.3, 0.4) is 0 Å². The normalized spacial score (nSPS) is 13.3. The van der Waals surface area contributed by atoms with Crippen LogP contribution >= 0.6 is 0 Å². The fraction of sp³-hybridized carbons (Fsp3) is 0.0312. The van der Waals surface area contributed by atoms with Gasteiger partial charge in [0, 0.05) is 28.7 Å². The molecule has 0 aromatic heterocycles. The van der Waals surface area contributed by atoms with Crippen LogP contribution in [0.15, 0.2) is 79.4 Å². The van der Waals surface area contributed by atoms with E-state index >= 15 is 0 Å². The van der Waals surface area contributed by atoms with Crippen molar-refractivity contribution in [3.05, 3.63) is 118 Å². The molecule has 0 saturated carbocycles. The van der Waals surface area contributed by atoms with Crippen molar-refractivity contribution in [1.29, 1.82) is 0 Å². The summed E-state index contributed by atoms with van der Waals surface area (Å²) in [5.74, 6) is -3.23. The molecule has 0 saturated heterocycles. The Balaban J connectivity index is 1.16. The molecule has 0 unspecified atom stereocenters. The van der Waals surface area contributed by atoms with E-state index in [9.17, 15) is 34.2 Å². The molecule has 206 valence electrons. The van der Waals surface area contributed by atoms with Gasteiger partial charge in [0.05, 0.1) is 22.4 Å². The molecule has 0 spiro atoms. The number of anilines is 1. The molecule has 2 aliphatic rings. The van der Waals surface area contributed by atoms with Crippen LogP contribution < -0.4 is 5.32 Å². The van der Waals surface area contributed by atoms with E-state index in [2.05, 4.69) is 16.6 Å². The molecule has 10 nitrogen and oxygen atoms in total. The minimum atomic E-state index is -0.812. The van der Waals surface area contributed by atoms with Gasteiger partial charge >= 0.3 is 17.9 Å². The Labute approximate surface area is 237 Å². The molecule has 10 heteroatoms. The molecule has 0 bridgehead atoms. The largest absolute Gasteiger partial charge is 0.508 e. The van der Waals surface area contributed by atoms with Crippen molar-refractivity contribution in [3.8, 4) is 22.6 Å². The summed E-state index contributed by atoms with van der Waals surface area (Å²) in [5.41, 5.74) is 2.83. The Morgan fingerprint density at radius 2 is 1.26 bits per heavy atom. The summed E-state index contributed by atoms with van der Waals surface area (Å²) in [4.78, 5) is 60.8. The Hall–Kier alpha value is -6.03. The van der Waals surface area contributed by atoms with Gasteiger partial charge in [-0.1, -0.05) is 30.8 Å². The number of ketones is 1. The molecule has 4 aromatic rings. The number of esters is 3. The van der Waals surface area contributed by atoms with Crippen LogP contribution in [0.2, 0.25) is 0 Å². The van der Waals surface area contributed by atoms with Crippen LogP contribution in [0.1, 0.15) is 62.9 Å². The molecule has 1 amide bonds. The summed E-state index contributed by atoms with van der Waals surface area (Å²) >= 11 is 0. The summed E-state index contributed by atoms with van der Waals surface area (Å²) in [5, 5.41) is 23.8. The number of fused-ring (bicyclic) bond motifs is 2. The Morgan fingerprint density at radius 3 is 1.98 bits per heavy atom. The van der Waals surface area contributed by atoms with Crippen LogP contribution in [0.25, 0.3) is 16.9 Å². The van der Waals surface area contributed by atoms with Crippen molar-refractivity contribution in [1.82, 2.24) is 0 Å². The number of ether oxygens (including phenoxy) is 2. The lowest BCUT2D eigenvalue weighted by atomic mass is 9.96. The zero-order valence-corrected chi connectivity index (χ0v) is 21.6. The van der Waals surface area contributed by atoms with E-state index < -0.39 is 23.8 Å². The second kappa shape index (κ2) is 9.86. The molecular weight excluding hydrogens is 542 g/mol. The maximum Gasteiger partial charge on any atom is 0.346 e. The number of phenols is 2. The fourth-order valence-corrected chi connectivity index (χ4v) is 4.75. The first kappa shape index (κ1) is 26.2. The van der Waals surface area contributed by atoms with Gasteiger partial charge in [0.1, 0.15) is 17.3 Å². The second-order valence-electron chi connectivity index (χ2n) is 9.64. The topological polar surface area (TPSA) is 156 Å². The maximum atomic E-state index is 12.8. The van der Waals surface area contributed by atoms with Gasteiger partial charge in [-0.2, -0.15) is 0 Å². The molecule has 6 rings (SSSR count). The number of amides is 1. The molecule has 0 atom stereocenters. The number of hydrogen-bond donors (Lipinski definition) is 3. The first-order chi connectivity index (χ1) is 20.1. The average molecular weight is 562 g/mol. The van der Waals surface area contributed by atoms with Gasteiger partial charge in [0.15, 0.2) is 5.78 Å². The molecule has 4 aromatic carbocycles. The van der Waals surface area contributed by atoms with Crippen molar-refractivity contribution in [2.24, 2.45) is 0 Å². The minimum Gasteiger partial charge on any atom is -0.508 e. The minimum absolute atomic E-state index is 0.0223. The molecule has 0 fully saturated rings. The second-order valence-corrected chi connectivity index (χ2v) is 9.64. The number of phenolic OH excluding ortho intramolecular Hbond substituents is 2. The van der Waals surface area contributed by atoms with Gasteiger partial charge in [-0.15, -0.1) is 0 Å². The highest BCUT2D eigenvalue weighted by Crippen LogP contribution is 2.34. The summed E-state index contributed by atoms with van der Waals surface area (Å²) in [7, 11) is 0. The lowest BCUT2D eigenvalue weighted by Crippen LogP contribution is -2.12. The van der Waals surface area contributed by atoms with Crippen molar-refractivity contribution >= 4 is 41.0 Å². The van der Waals surface area contributed by atoms with E-state index in [1.54, 1.807) is 18.2 Å². The number of cyclic esters (lactones) is 3. The zero-order chi connectivity index (χ0) is 29.7. The molecule has 42 heavy (non-hydrogen) atoms. The van der Waals surface area contributed by atoms with E-state index in [-0.39, 0.29) is 57.4 Å². The van der Waals surface area contributed by atoms with Crippen LogP contribution in [-0.2, 0) is 15.9 Å². The molecule has 3 N–H and O–H groups in total. The lowest BCUT2D eigenvalue weighted by molar-refractivity contribution is 0.0442. The standard InChI is InChI=1S/C32H19NO9/c1-15-23-11-20(5-8-21(23)30(38)41-15)29(37)33-25-9-6-17(13-28(25)36)16-2-3-19(26(34)12-16)14-27(35)18-4-7-22-24(10-18)32(40)42-31(22)39/h2-13,34,36H,1,14H2,(H,33,37). The van der Waals surface area contributed by atoms with Gasteiger partial charge in [-0.3, -0.25) is 9.59 Å². The zero-order valence-electron chi connectivity index (χ0n) is 21.6. The molecule has 0 aliphatic carbocycles. The highest BCUT2D eigenvalue weighted by Gasteiger charge is 2.30. The summed E-state index contributed by atoms with van der Waals surface area (Å²) in [6.07, 6.45) is -0.166. The lowest BCUT2D eigenvalue weighted by Gasteiger charge is -2.11. The molecular formula is C32H19NO9. The Bertz CT molecular complexity index is 1780. The number of aromatic hydroxyl groups is 2. The highest BCUT2D eigenvalue weighted by atomic mass is 16.6. The van der Waals surface area contributed by atoms with Gasteiger partial charge < -0.3 is 25.0 Å². The van der Waals surface area contributed by atoms with Crippen LogP contribution in [0.4, 0.5) is 5.69 Å².